The molecule has 0 atom stereocenters. The van der Waals surface area contributed by atoms with Crippen LogP contribution in [0.2, 0.25) is 0 Å². The number of nitrogens with one attached hydrogen (secondary N) is 1. The summed E-state index contributed by atoms with van der Waals surface area (Å²) in [4.78, 5) is 0. The Morgan fingerprint density at radius 1 is 1.40 bits per heavy atom. The van der Waals surface area contributed by atoms with E-state index >= 15 is 0 Å². The summed E-state index contributed by atoms with van der Waals surface area (Å²) < 4.78 is 28.6. The highest BCUT2D eigenvalue weighted by atomic mass is 32.2. The summed E-state index contributed by atoms with van der Waals surface area (Å²) in [5, 5.41) is 2.62. The quantitative estimate of drug-likeness (QED) is 0.577. The maximum Gasteiger partial charge on any atom is 0.278 e. The predicted octanol–water partition coefficient (Wildman–Crippen LogP) is 0.220. The largest absolute Gasteiger partial charge is 0.297 e. The minimum Gasteiger partial charge on any atom is -0.297 e. The van der Waals surface area contributed by atoms with Crippen molar-refractivity contribution in [2.45, 2.75) is 26.3 Å². The minimum absolute atomic E-state index is 0.282. The van der Waals surface area contributed by atoms with E-state index in [1.807, 2.05) is 20.8 Å². The lowest BCUT2D eigenvalue weighted by Crippen LogP contribution is -2.39. The van der Waals surface area contributed by atoms with Gasteiger partial charge in [0.05, 0.1) is 0 Å². The van der Waals surface area contributed by atoms with Gasteiger partial charge in [0.2, 0.25) is 0 Å². The second-order valence-electron chi connectivity index (χ2n) is 3.15. The Balaban J connectivity index is 3.79. The molecule has 0 aromatic heterocycles. The van der Waals surface area contributed by atoms with E-state index in [4.69, 9.17) is 4.55 Å². The van der Waals surface area contributed by atoms with Gasteiger partial charge < -0.3 is 0 Å². The molecule has 0 saturated heterocycles. The SMILES string of the molecule is CC(C)(C)NCS(=O)(=O)O. The first-order chi connectivity index (χ1) is 4.21. The molecule has 2 N–H and O–H groups in total. The van der Waals surface area contributed by atoms with Crippen molar-refractivity contribution in [1.29, 1.82) is 0 Å². The van der Waals surface area contributed by atoms with Crippen molar-refractivity contribution >= 4 is 10.1 Å². The van der Waals surface area contributed by atoms with E-state index in [0.29, 0.717) is 0 Å². The van der Waals surface area contributed by atoms with Crippen molar-refractivity contribution in [2.24, 2.45) is 0 Å². The Morgan fingerprint density at radius 2 is 1.80 bits per heavy atom. The van der Waals surface area contributed by atoms with Gasteiger partial charge in [-0.3, -0.25) is 9.87 Å². The Bertz CT molecular complexity index is 189. The molecule has 0 spiro atoms. The van der Waals surface area contributed by atoms with Gasteiger partial charge in [0.15, 0.2) is 0 Å². The van der Waals surface area contributed by atoms with Crippen LogP contribution in [-0.2, 0) is 10.1 Å². The smallest absolute Gasteiger partial charge is 0.278 e. The Kier molecular flexibility index (Phi) is 2.82. The number of hydrogen-bond acceptors (Lipinski definition) is 3. The van der Waals surface area contributed by atoms with Crippen LogP contribution < -0.4 is 5.32 Å². The molecule has 0 rings (SSSR count). The first-order valence-corrected chi connectivity index (χ1v) is 4.52. The maximum absolute atomic E-state index is 10.2. The van der Waals surface area contributed by atoms with Crippen molar-refractivity contribution in [3.05, 3.63) is 0 Å². The first-order valence-electron chi connectivity index (χ1n) is 2.91. The van der Waals surface area contributed by atoms with Crippen LogP contribution >= 0.6 is 0 Å². The lowest BCUT2D eigenvalue weighted by molar-refractivity contribution is 0.426. The van der Waals surface area contributed by atoms with Gasteiger partial charge in [0, 0.05) is 5.54 Å². The lowest BCUT2D eigenvalue weighted by Gasteiger charge is -2.18. The van der Waals surface area contributed by atoms with Gasteiger partial charge in [-0.1, -0.05) is 0 Å². The van der Waals surface area contributed by atoms with Gasteiger partial charge in [0.1, 0.15) is 5.88 Å². The highest BCUT2D eigenvalue weighted by molar-refractivity contribution is 7.85. The molecule has 0 heterocycles. The van der Waals surface area contributed by atoms with Gasteiger partial charge in [-0.15, -0.1) is 0 Å². The summed E-state index contributed by atoms with van der Waals surface area (Å²) in [6.45, 7) is 5.45. The Labute approximate surface area is 61.4 Å². The molecule has 0 radical (unpaired) electrons. The summed E-state index contributed by atoms with van der Waals surface area (Å²) in [5.41, 5.74) is -0.282. The molecule has 0 saturated carbocycles. The third-order valence-electron chi connectivity index (χ3n) is 0.785. The molecule has 0 fully saturated rings. The van der Waals surface area contributed by atoms with Gasteiger partial charge in [-0.2, -0.15) is 8.42 Å². The summed E-state index contributed by atoms with van der Waals surface area (Å²) in [6.07, 6.45) is 0. The third-order valence-corrected chi connectivity index (χ3v) is 1.29. The Morgan fingerprint density at radius 3 is 1.90 bits per heavy atom. The summed E-state index contributed by atoms with van der Waals surface area (Å²) in [5.74, 6) is -0.392. The van der Waals surface area contributed by atoms with E-state index in [1.165, 1.54) is 0 Å². The number of rotatable bonds is 2. The van der Waals surface area contributed by atoms with E-state index in [9.17, 15) is 8.42 Å². The van der Waals surface area contributed by atoms with Crippen molar-refractivity contribution in [3.63, 3.8) is 0 Å². The van der Waals surface area contributed by atoms with E-state index in [1.54, 1.807) is 0 Å². The van der Waals surface area contributed by atoms with E-state index in [-0.39, 0.29) is 5.54 Å². The third kappa shape index (κ3) is 7.87. The van der Waals surface area contributed by atoms with Crippen molar-refractivity contribution in [2.75, 3.05) is 5.88 Å². The van der Waals surface area contributed by atoms with Gasteiger partial charge in [0.25, 0.3) is 10.1 Å². The fraction of sp³-hybridized carbons (Fsp3) is 1.00. The van der Waals surface area contributed by atoms with Gasteiger partial charge in [-0.25, -0.2) is 0 Å². The second-order valence-corrected chi connectivity index (χ2v) is 4.61. The predicted molar refractivity (Wildman–Crippen MR) is 39.3 cm³/mol. The van der Waals surface area contributed by atoms with Crippen molar-refractivity contribution in [1.82, 2.24) is 5.32 Å². The zero-order valence-corrected chi connectivity index (χ0v) is 7.20. The molecular formula is C5H13NO3S. The van der Waals surface area contributed by atoms with Crippen LogP contribution in [0.25, 0.3) is 0 Å². The number of hydrogen-bond donors (Lipinski definition) is 2. The second kappa shape index (κ2) is 2.86. The van der Waals surface area contributed by atoms with Crippen LogP contribution in [0.5, 0.6) is 0 Å². The molecule has 62 valence electrons. The van der Waals surface area contributed by atoms with Crippen molar-refractivity contribution < 1.29 is 13.0 Å². The average Bonchev–Trinajstić information content (AvgIpc) is 1.57. The standard InChI is InChI=1S/C5H13NO3S/c1-5(2,3)6-4-10(7,8)9/h6H,4H2,1-3H3,(H,7,8,9). The molecule has 0 aromatic carbocycles. The summed E-state index contributed by atoms with van der Waals surface area (Å²) >= 11 is 0. The van der Waals surface area contributed by atoms with Gasteiger partial charge >= 0.3 is 0 Å². The van der Waals surface area contributed by atoms with E-state index in [2.05, 4.69) is 5.32 Å². The van der Waals surface area contributed by atoms with E-state index < -0.39 is 16.0 Å². The molecule has 0 amide bonds. The highest BCUT2D eigenvalue weighted by Gasteiger charge is 2.12. The molecule has 0 aliphatic carbocycles. The zero-order valence-electron chi connectivity index (χ0n) is 6.38. The Hall–Kier alpha value is -0.130. The fourth-order valence-electron chi connectivity index (χ4n) is 0.308. The van der Waals surface area contributed by atoms with Crippen molar-refractivity contribution in [3.8, 4) is 0 Å². The normalized spacial score (nSPS) is 13.6. The van der Waals surface area contributed by atoms with Gasteiger partial charge in [-0.05, 0) is 20.8 Å². The highest BCUT2D eigenvalue weighted by Crippen LogP contribution is 1.97. The van der Waals surface area contributed by atoms with Crippen LogP contribution in [0.1, 0.15) is 20.8 Å². The molecule has 0 aromatic rings. The zero-order chi connectivity index (χ0) is 8.41. The van der Waals surface area contributed by atoms with E-state index in [0.717, 1.165) is 0 Å². The van der Waals surface area contributed by atoms with Crippen LogP contribution in [0.4, 0.5) is 0 Å². The molecule has 0 aliphatic heterocycles. The topological polar surface area (TPSA) is 66.4 Å². The minimum atomic E-state index is -3.87. The van der Waals surface area contributed by atoms with Crippen LogP contribution in [0.15, 0.2) is 0 Å². The van der Waals surface area contributed by atoms with Crippen LogP contribution in [0, 0.1) is 0 Å². The summed E-state index contributed by atoms with van der Waals surface area (Å²) in [7, 11) is -3.87. The molecular weight excluding hydrogens is 154 g/mol. The van der Waals surface area contributed by atoms with Crippen LogP contribution in [-0.4, -0.2) is 24.4 Å². The monoisotopic (exact) mass is 167 g/mol. The maximum atomic E-state index is 10.2. The average molecular weight is 167 g/mol. The molecule has 0 aliphatic rings. The molecule has 0 bridgehead atoms. The lowest BCUT2D eigenvalue weighted by atomic mass is 10.1. The molecule has 5 heteroatoms. The summed E-state index contributed by atoms with van der Waals surface area (Å²) in [6, 6.07) is 0. The molecule has 4 nitrogen and oxygen atoms in total. The molecule has 0 unspecified atom stereocenters. The fourth-order valence-corrected chi connectivity index (χ4v) is 0.923. The first kappa shape index (κ1) is 9.87. The molecule has 10 heavy (non-hydrogen) atoms. The van der Waals surface area contributed by atoms with Crippen LogP contribution in [0.3, 0.4) is 0 Å².